The van der Waals surface area contributed by atoms with Crippen LogP contribution in [0.1, 0.15) is 23.5 Å². The van der Waals surface area contributed by atoms with Crippen molar-refractivity contribution in [1.29, 1.82) is 0 Å². The van der Waals surface area contributed by atoms with Crippen molar-refractivity contribution >= 4 is 17.3 Å². The van der Waals surface area contributed by atoms with Crippen LogP contribution in [-0.2, 0) is 4.74 Å². The number of thiocarbonyl (C=S) groups is 1. The summed E-state index contributed by atoms with van der Waals surface area (Å²) in [5.74, 6) is 0.842. The average Bonchev–Trinajstić information content (AvgIpc) is 3.48. The molecule has 2 saturated heterocycles. The summed E-state index contributed by atoms with van der Waals surface area (Å²) in [6.07, 6.45) is 3.95. The Kier molecular flexibility index (Phi) is 6.57. The lowest BCUT2D eigenvalue weighted by Gasteiger charge is -2.32. The number of rotatable bonds is 7. The van der Waals surface area contributed by atoms with Crippen molar-refractivity contribution in [3.8, 4) is 11.4 Å². The van der Waals surface area contributed by atoms with Gasteiger partial charge in [-0.25, -0.2) is 0 Å². The van der Waals surface area contributed by atoms with Gasteiger partial charge in [-0.3, -0.25) is 9.88 Å². The first kappa shape index (κ1) is 21.9. The van der Waals surface area contributed by atoms with Gasteiger partial charge in [0, 0.05) is 50.0 Å². The van der Waals surface area contributed by atoms with Gasteiger partial charge in [0.15, 0.2) is 5.11 Å². The first-order valence-corrected chi connectivity index (χ1v) is 11.8. The quantitative estimate of drug-likeness (QED) is 0.540. The number of ether oxygens (including phenoxy) is 2. The van der Waals surface area contributed by atoms with Crippen molar-refractivity contribution < 1.29 is 9.47 Å². The minimum atomic E-state index is -0.0321. The van der Waals surface area contributed by atoms with Crippen LogP contribution < -0.4 is 10.1 Å². The van der Waals surface area contributed by atoms with Gasteiger partial charge in [0.2, 0.25) is 0 Å². The molecule has 0 saturated carbocycles. The summed E-state index contributed by atoms with van der Waals surface area (Å²) < 4.78 is 13.1. The summed E-state index contributed by atoms with van der Waals surface area (Å²) in [5, 5.41) is 4.33. The van der Waals surface area contributed by atoms with Crippen LogP contribution in [0.25, 0.3) is 5.69 Å². The summed E-state index contributed by atoms with van der Waals surface area (Å²) in [6.45, 7) is 5.30. The standard InChI is InChI=1S/C25H29N5O2S/c1-31-20-9-7-19(8-10-20)29-12-4-6-22(29)24-23(21-5-2-3-11-26-21)27-25(33)30(24)14-13-28-15-17-32-18-16-28/h2-12,23-24H,13-18H2,1H3,(H,27,33)/t23-,24+/m0/s1. The van der Waals surface area contributed by atoms with E-state index in [0.29, 0.717) is 0 Å². The second-order valence-electron chi connectivity index (χ2n) is 8.28. The van der Waals surface area contributed by atoms with Crippen molar-refractivity contribution in [2.45, 2.75) is 12.1 Å². The van der Waals surface area contributed by atoms with Crippen molar-refractivity contribution in [3.63, 3.8) is 0 Å². The highest BCUT2D eigenvalue weighted by Gasteiger charge is 2.41. The Hall–Kier alpha value is -2.94. The molecule has 3 aromatic rings. The third-order valence-electron chi connectivity index (χ3n) is 6.39. The molecule has 5 rings (SSSR count). The molecule has 0 unspecified atom stereocenters. The zero-order valence-corrected chi connectivity index (χ0v) is 19.6. The van der Waals surface area contributed by atoms with Crippen molar-refractivity contribution in [2.75, 3.05) is 46.5 Å². The third kappa shape index (κ3) is 4.59. The summed E-state index contributed by atoms with van der Waals surface area (Å²) in [4.78, 5) is 9.43. The maximum Gasteiger partial charge on any atom is 0.170 e. The molecule has 2 aromatic heterocycles. The fourth-order valence-electron chi connectivity index (χ4n) is 4.65. The summed E-state index contributed by atoms with van der Waals surface area (Å²) in [5.41, 5.74) is 3.24. The number of hydrogen-bond acceptors (Lipinski definition) is 5. The molecule has 172 valence electrons. The summed E-state index contributed by atoms with van der Waals surface area (Å²) in [7, 11) is 1.69. The van der Waals surface area contributed by atoms with Gasteiger partial charge >= 0.3 is 0 Å². The van der Waals surface area contributed by atoms with Crippen LogP contribution in [0.4, 0.5) is 0 Å². The number of methoxy groups -OCH3 is 1. The first-order valence-electron chi connectivity index (χ1n) is 11.3. The molecule has 0 spiro atoms. The van der Waals surface area contributed by atoms with Crippen LogP contribution in [0.5, 0.6) is 5.75 Å². The number of morpholine rings is 1. The molecule has 33 heavy (non-hydrogen) atoms. The highest BCUT2D eigenvalue weighted by Crippen LogP contribution is 2.39. The molecule has 2 fully saturated rings. The molecule has 0 aliphatic carbocycles. The monoisotopic (exact) mass is 463 g/mol. The molecule has 7 nitrogen and oxygen atoms in total. The van der Waals surface area contributed by atoms with E-state index >= 15 is 0 Å². The Balaban J connectivity index is 1.48. The van der Waals surface area contributed by atoms with Gasteiger partial charge in [0.05, 0.1) is 38.1 Å². The van der Waals surface area contributed by atoms with Crippen LogP contribution in [0.3, 0.4) is 0 Å². The fraction of sp³-hybridized carbons (Fsp3) is 0.360. The van der Waals surface area contributed by atoms with Gasteiger partial charge in [0.25, 0.3) is 0 Å². The van der Waals surface area contributed by atoms with Crippen LogP contribution in [0.15, 0.2) is 67.0 Å². The maximum atomic E-state index is 5.85. The van der Waals surface area contributed by atoms with Crippen LogP contribution in [-0.4, -0.2) is 71.0 Å². The summed E-state index contributed by atoms with van der Waals surface area (Å²) in [6, 6.07) is 18.4. The molecular formula is C25H29N5O2S. The largest absolute Gasteiger partial charge is 0.497 e. The minimum Gasteiger partial charge on any atom is -0.497 e. The fourth-order valence-corrected chi connectivity index (χ4v) is 4.99. The highest BCUT2D eigenvalue weighted by atomic mass is 32.1. The SMILES string of the molecule is COc1ccc(-n2cccc2[C@@H]2[C@H](c3ccccn3)NC(=S)N2CCN2CCOCC2)cc1. The predicted octanol–water partition coefficient (Wildman–Crippen LogP) is 3.19. The normalized spacial score (nSPS) is 21.2. The molecule has 4 heterocycles. The van der Waals surface area contributed by atoms with E-state index in [1.54, 1.807) is 7.11 Å². The van der Waals surface area contributed by atoms with E-state index in [9.17, 15) is 0 Å². The third-order valence-corrected chi connectivity index (χ3v) is 6.74. The Morgan fingerprint density at radius 3 is 2.61 bits per heavy atom. The molecule has 0 bridgehead atoms. The minimum absolute atomic E-state index is 0.0190. The molecule has 0 radical (unpaired) electrons. The zero-order valence-electron chi connectivity index (χ0n) is 18.8. The van der Waals surface area contributed by atoms with Crippen molar-refractivity contribution in [3.05, 3.63) is 78.4 Å². The van der Waals surface area contributed by atoms with Gasteiger partial charge in [-0.15, -0.1) is 0 Å². The molecular weight excluding hydrogens is 434 g/mol. The van der Waals surface area contributed by atoms with E-state index in [-0.39, 0.29) is 12.1 Å². The lowest BCUT2D eigenvalue weighted by molar-refractivity contribution is 0.0349. The molecule has 2 aliphatic rings. The van der Waals surface area contributed by atoms with Gasteiger partial charge in [-0.2, -0.15) is 0 Å². The average molecular weight is 464 g/mol. The zero-order chi connectivity index (χ0) is 22.6. The number of nitrogens with one attached hydrogen (secondary N) is 1. The van der Waals surface area contributed by atoms with Gasteiger partial charge < -0.3 is 24.3 Å². The van der Waals surface area contributed by atoms with E-state index in [1.807, 2.05) is 30.5 Å². The Morgan fingerprint density at radius 2 is 1.88 bits per heavy atom. The number of aromatic nitrogens is 2. The van der Waals surface area contributed by atoms with E-state index in [0.717, 1.165) is 61.6 Å². The van der Waals surface area contributed by atoms with Crippen molar-refractivity contribution in [1.82, 2.24) is 24.7 Å². The highest BCUT2D eigenvalue weighted by molar-refractivity contribution is 7.80. The lowest BCUT2D eigenvalue weighted by atomic mass is 10.0. The molecule has 1 aromatic carbocycles. The van der Waals surface area contributed by atoms with Crippen LogP contribution >= 0.6 is 12.2 Å². The lowest BCUT2D eigenvalue weighted by Crippen LogP contribution is -2.42. The number of nitrogens with zero attached hydrogens (tertiary/aromatic N) is 4. The Bertz CT molecular complexity index is 1070. The van der Waals surface area contributed by atoms with E-state index in [2.05, 4.69) is 61.2 Å². The van der Waals surface area contributed by atoms with Crippen LogP contribution in [0, 0.1) is 0 Å². The topological polar surface area (TPSA) is 54.8 Å². The van der Waals surface area contributed by atoms with E-state index in [4.69, 9.17) is 21.7 Å². The Labute approximate surface area is 199 Å². The maximum absolute atomic E-state index is 5.85. The van der Waals surface area contributed by atoms with Gasteiger partial charge in [-0.05, 0) is 60.7 Å². The molecule has 0 amide bonds. The predicted molar refractivity (Wildman–Crippen MR) is 132 cm³/mol. The van der Waals surface area contributed by atoms with E-state index < -0.39 is 0 Å². The second-order valence-corrected chi connectivity index (χ2v) is 8.66. The van der Waals surface area contributed by atoms with Gasteiger partial charge in [0.1, 0.15) is 5.75 Å². The number of benzene rings is 1. The second kappa shape index (κ2) is 9.91. The number of pyridine rings is 1. The smallest absolute Gasteiger partial charge is 0.170 e. The molecule has 1 N–H and O–H groups in total. The first-order chi connectivity index (χ1) is 16.2. The molecule has 2 atom stereocenters. The summed E-state index contributed by atoms with van der Waals surface area (Å²) >= 11 is 5.85. The van der Waals surface area contributed by atoms with Crippen LogP contribution in [0.2, 0.25) is 0 Å². The van der Waals surface area contributed by atoms with Gasteiger partial charge in [-0.1, -0.05) is 6.07 Å². The molecule has 2 aliphatic heterocycles. The van der Waals surface area contributed by atoms with E-state index in [1.165, 1.54) is 5.69 Å². The van der Waals surface area contributed by atoms with Crippen molar-refractivity contribution in [2.24, 2.45) is 0 Å². The molecule has 8 heteroatoms. The Morgan fingerprint density at radius 1 is 1.06 bits per heavy atom. The number of hydrogen-bond donors (Lipinski definition) is 1.